The van der Waals surface area contributed by atoms with E-state index in [1.165, 1.54) is 62.6 Å². The van der Waals surface area contributed by atoms with Crippen LogP contribution < -0.4 is 5.32 Å². The molecule has 21 heavy (non-hydrogen) atoms. The normalized spacial score (nSPS) is 43.8. The lowest BCUT2D eigenvalue weighted by Gasteiger charge is -2.36. The molecule has 4 aliphatic rings. The van der Waals surface area contributed by atoms with Gasteiger partial charge < -0.3 is 5.32 Å². The number of rotatable bonds is 2. The fourth-order valence-electron chi connectivity index (χ4n) is 6.29. The zero-order chi connectivity index (χ0) is 13.8. The number of aromatic nitrogens is 1. The average molecular weight is 282 g/mol. The van der Waals surface area contributed by atoms with Gasteiger partial charge in [-0.2, -0.15) is 0 Å². The van der Waals surface area contributed by atoms with Gasteiger partial charge >= 0.3 is 0 Å². The summed E-state index contributed by atoms with van der Waals surface area (Å²) in [7, 11) is 0. The molecule has 6 unspecified atom stereocenters. The summed E-state index contributed by atoms with van der Waals surface area (Å²) >= 11 is 0. The zero-order valence-corrected chi connectivity index (χ0v) is 12.8. The van der Waals surface area contributed by atoms with E-state index in [0.29, 0.717) is 6.04 Å². The highest BCUT2D eigenvalue weighted by atomic mass is 15.0. The molecule has 0 aromatic carbocycles. The molecule has 1 aromatic heterocycles. The van der Waals surface area contributed by atoms with E-state index in [1.54, 1.807) is 0 Å². The van der Waals surface area contributed by atoms with Crippen LogP contribution in [0.4, 0.5) is 0 Å². The van der Waals surface area contributed by atoms with Crippen molar-refractivity contribution in [2.45, 2.75) is 63.5 Å². The van der Waals surface area contributed by atoms with Crippen molar-refractivity contribution in [1.82, 2.24) is 10.3 Å². The highest BCUT2D eigenvalue weighted by molar-refractivity contribution is 5.26. The summed E-state index contributed by atoms with van der Waals surface area (Å²) in [5.41, 5.74) is 2.85. The first-order valence-corrected chi connectivity index (χ1v) is 9.10. The van der Waals surface area contributed by atoms with Crippen LogP contribution in [0.2, 0.25) is 0 Å². The first-order chi connectivity index (χ1) is 10.4. The Morgan fingerprint density at radius 3 is 2.95 bits per heavy atom. The number of hydrogen-bond acceptors (Lipinski definition) is 2. The van der Waals surface area contributed by atoms with Crippen molar-refractivity contribution in [2.24, 2.45) is 23.7 Å². The van der Waals surface area contributed by atoms with Crippen molar-refractivity contribution in [3.63, 3.8) is 0 Å². The second kappa shape index (κ2) is 4.81. The summed E-state index contributed by atoms with van der Waals surface area (Å²) in [6.45, 7) is 0. The maximum atomic E-state index is 4.71. The van der Waals surface area contributed by atoms with Crippen LogP contribution in [0.5, 0.6) is 0 Å². The van der Waals surface area contributed by atoms with Crippen LogP contribution in [0.3, 0.4) is 0 Å². The Morgan fingerprint density at radius 1 is 1.00 bits per heavy atom. The molecule has 3 saturated carbocycles. The fourth-order valence-corrected chi connectivity index (χ4v) is 6.29. The lowest BCUT2D eigenvalue weighted by atomic mass is 9.78. The van der Waals surface area contributed by atoms with Crippen molar-refractivity contribution in [3.05, 3.63) is 29.6 Å². The van der Waals surface area contributed by atoms with Crippen molar-refractivity contribution in [3.8, 4) is 0 Å². The lowest BCUT2D eigenvalue weighted by Crippen LogP contribution is -2.42. The molecule has 1 aromatic rings. The van der Waals surface area contributed by atoms with Crippen LogP contribution in [0.15, 0.2) is 18.3 Å². The van der Waals surface area contributed by atoms with E-state index >= 15 is 0 Å². The molecule has 0 saturated heterocycles. The Kier molecular flexibility index (Phi) is 2.89. The highest BCUT2D eigenvalue weighted by Gasteiger charge is 2.53. The molecule has 0 radical (unpaired) electrons. The number of hydrogen-bond donors (Lipinski definition) is 1. The summed E-state index contributed by atoms with van der Waals surface area (Å²) in [5, 5.41) is 4.06. The number of fused-ring (bicyclic) bond motifs is 6. The first-order valence-electron chi connectivity index (χ1n) is 9.10. The molecule has 0 aliphatic heterocycles. The van der Waals surface area contributed by atoms with Crippen molar-refractivity contribution in [1.29, 1.82) is 0 Å². The Labute approximate surface area is 127 Å². The number of nitrogens with zero attached hydrogens (tertiary/aromatic N) is 1. The van der Waals surface area contributed by atoms with E-state index in [-0.39, 0.29) is 0 Å². The molecule has 4 aliphatic carbocycles. The van der Waals surface area contributed by atoms with E-state index in [1.807, 2.05) is 6.20 Å². The van der Waals surface area contributed by atoms with Crippen molar-refractivity contribution < 1.29 is 0 Å². The van der Waals surface area contributed by atoms with Gasteiger partial charge in [-0.15, -0.1) is 0 Å². The molecule has 2 heteroatoms. The molecule has 3 fully saturated rings. The predicted octanol–water partition coefficient (Wildman–Crippen LogP) is 3.87. The summed E-state index contributed by atoms with van der Waals surface area (Å²) in [6.07, 6.45) is 13.3. The maximum Gasteiger partial charge on any atom is 0.0605 e. The number of pyridine rings is 1. The minimum Gasteiger partial charge on any atom is -0.306 e. The predicted molar refractivity (Wildman–Crippen MR) is 83.9 cm³/mol. The summed E-state index contributed by atoms with van der Waals surface area (Å²) in [5.74, 6) is 4.20. The third-order valence-corrected chi connectivity index (χ3v) is 7.04. The molecule has 0 amide bonds. The third kappa shape index (κ3) is 1.91. The number of aryl methyl sites for hydroxylation is 1. The summed E-state index contributed by atoms with van der Waals surface area (Å²) < 4.78 is 0. The fraction of sp³-hybridized carbons (Fsp3) is 0.737. The molecular weight excluding hydrogens is 256 g/mol. The van der Waals surface area contributed by atoms with Gasteiger partial charge in [-0.1, -0.05) is 12.5 Å². The van der Waals surface area contributed by atoms with Crippen LogP contribution >= 0.6 is 0 Å². The van der Waals surface area contributed by atoms with Gasteiger partial charge in [0.15, 0.2) is 0 Å². The molecular formula is C19H26N2. The topological polar surface area (TPSA) is 24.9 Å². The van der Waals surface area contributed by atoms with Crippen LogP contribution in [0.1, 0.15) is 62.2 Å². The smallest absolute Gasteiger partial charge is 0.0605 e. The summed E-state index contributed by atoms with van der Waals surface area (Å²) in [6, 6.07) is 5.69. The molecule has 1 N–H and O–H groups in total. The molecule has 2 bridgehead atoms. The van der Waals surface area contributed by atoms with Gasteiger partial charge in [0.25, 0.3) is 0 Å². The van der Waals surface area contributed by atoms with Crippen LogP contribution in [-0.2, 0) is 6.42 Å². The van der Waals surface area contributed by atoms with Gasteiger partial charge in [-0.25, -0.2) is 0 Å². The Balaban J connectivity index is 1.35. The third-order valence-electron chi connectivity index (χ3n) is 7.04. The molecule has 5 rings (SSSR count). The Bertz CT molecular complexity index is 540. The Morgan fingerprint density at radius 2 is 1.95 bits per heavy atom. The summed E-state index contributed by atoms with van der Waals surface area (Å²) in [4.78, 5) is 4.71. The monoisotopic (exact) mass is 282 g/mol. The number of nitrogens with one attached hydrogen (secondary N) is 1. The van der Waals surface area contributed by atoms with Gasteiger partial charge in [-0.05, 0) is 80.2 Å². The van der Waals surface area contributed by atoms with Crippen LogP contribution in [0, 0.1) is 23.7 Å². The molecule has 2 nitrogen and oxygen atoms in total. The van der Waals surface area contributed by atoms with E-state index in [9.17, 15) is 0 Å². The second-order valence-electron chi connectivity index (χ2n) is 7.92. The zero-order valence-electron chi connectivity index (χ0n) is 12.8. The quantitative estimate of drug-likeness (QED) is 0.890. The van der Waals surface area contributed by atoms with Gasteiger partial charge in [0, 0.05) is 18.3 Å². The van der Waals surface area contributed by atoms with Gasteiger partial charge in [0.05, 0.1) is 5.69 Å². The molecule has 1 heterocycles. The standard InChI is InChI=1S/C19H26N2/c1-4-12-5-3-9-20-19(12)17(8-1)21-18-11-13-10-16(18)15-7-2-6-14(13)15/h3,5,9,13-18,21H,1-2,4,6-8,10-11H2. The van der Waals surface area contributed by atoms with Crippen LogP contribution in [0.25, 0.3) is 0 Å². The van der Waals surface area contributed by atoms with Gasteiger partial charge in [0.1, 0.15) is 0 Å². The SMILES string of the molecule is c1cnc2c(c1)CCCC2NC1CC2CC1C1CCCC21. The molecule has 112 valence electrons. The van der Waals surface area contributed by atoms with Crippen LogP contribution in [-0.4, -0.2) is 11.0 Å². The minimum atomic E-state index is 0.527. The highest BCUT2D eigenvalue weighted by Crippen LogP contribution is 2.59. The van der Waals surface area contributed by atoms with Gasteiger partial charge in [-0.3, -0.25) is 4.98 Å². The molecule has 0 spiro atoms. The minimum absolute atomic E-state index is 0.527. The maximum absolute atomic E-state index is 4.71. The lowest BCUT2D eigenvalue weighted by molar-refractivity contribution is 0.193. The van der Waals surface area contributed by atoms with Gasteiger partial charge in [0.2, 0.25) is 0 Å². The largest absolute Gasteiger partial charge is 0.306 e. The Hall–Kier alpha value is -0.890. The molecule has 6 atom stereocenters. The average Bonchev–Trinajstić information content (AvgIpc) is 3.20. The van der Waals surface area contributed by atoms with Crippen molar-refractivity contribution >= 4 is 0 Å². The van der Waals surface area contributed by atoms with E-state index in [4.69, 9.17) is 4.98 Å². The van der Waals surface area contributed by atoms with E-state index in [2.05, 4.69) is 17.4 Å². The second-order valence-corrected chi connectivity index (χ2v) is 7.92. The van der Waals surface area contributed by atoms with Crippen molar-refractivity contribution in [2.75, 3.05) is 0 Å². The van der Waals surface area contributed by atoms with E-state index in [0.717, 1.165) is 29.7 Å². The first kappa shape index (κ1) is 12.6. The van der Waals surface area contributed by atoms with E-state index < -0.39 is 0 Å².